The van der Waals surface area contributed by atoms with E-state index in [1.165, 1.54) is 32.3 Å². The average Bonchev–Trinajstić information content (AvgIpc) is 3.58. The Labute approximate surface area is 247 Å². The SMILES string of the molecule is O=P1(c2ccc3nc4c5c6ccccc6ccc5c5cc6ccccc6cc5n4c3c2)c2ccccc2-c2ccccc21. The molecule has 0 bridgehead atoms. The minimum Gasteiger partial charge on any atom is -0.309 e. The predicted octanol–water partition coefficient (Wildman–Crippen LogP) is 8.72. The molecule has 0 radical (unpaired) electrons. The number of pyridine rings is 1. The van der Waals surface area contributed by atoms with Gasteiger partial charge in [0.05, 0.1) is 16.6 Å². The first kappa shape index (κ1) is 23.3. The molecule has 9 aromatic rings. The van der Waals surface area contributed by atoms with Crippen molar-refractivity contribution in [2.75, 3.05) is 0 Å². The number of fused-ring (bicyclic) bond motifs is 14. The van der Waals surface area contributed by atoms with Gasteiger partial charge in [0.25, 0.3) is 0 Å². The van der Waals surface area contributed by atoms with Crippen molar-refractivity contribution in [3.63, 3.8) is 0 Å². The Hall–Kier alpha value is -5.24. The third-order valence-corrected chi connectivity index (χ3v) is 12.5. The fourth-order valence-corrected chi connectivity index (χ4v) is 10.5. The Morgan fingerprint density at radius 1 is 0.512 bits per heavy atom. The van der Waals surface area contributed by atoms with Gasteiger partial charge in [0.15, 0.2) is 7.14 Å². The van der Waals surface area contributed by atoms with E-state index in [4.69, 9.17) is 4.98 Å². The van der Waals surface area contributed by atoms with Crippen LogP contribution in [0, 0.1) is 0 Å². The Bertz CT molecular complexity index is 2670. The summed E-state index contributed by atoms with van der Waals surface area (Å²) in [5.74, 6) is 0. The Balaban J connectivity index is 1.40. The summed E-state index contributed by atoms with van der Waals surface area (Å²) in [5, 5.41) is 10.9. The van der Waals surface area contributed by atoms with E-state index < -0.39 is 7.14 Å². The van der Waals surface area contributed by atoms with E-state index in [1.54, 1.807) is 0 Å². The van der Waals surface area contributed by atoms with Gasteiger partial charge in [0.1, 0.15) is 5.65 Å². The summed E-state index contributed by atoms with van der Waals surface area (Å²) < 4.78 is 17.7. The molecule has 0 N–H and O–H groups in total. The van der Waals surface area contributed by atoms with Crippen molar-refractivity contribution in [2.24, 2.45) is 0 Å². The molecule has 0 atom stereocenters. The Morgan fingerprint density at radius 2 is 1.16 bits per heavy atom. The van der Waals surface area contributed by atoms with Gasteiger partial charge in [-0.05, 0) is 68.4 Å². The fraction of sp³-hybridized carbons (Fsp3) is 0. The minimum absolute atomic E-state index is 0.839. The summed E-state index contributed by atoms with van der Waals surface area (Å²) in [6.07, 6.45) is 0. The summed E-state index contributed by atoms with van der Waals surface area (Å²) in [7, 11) is -3.09. The van der Waals surface area contributed by atoms with Gasteiger partial charge in [-0.1, -0.05) is 109 Å². The van der Waals surface area contributed by atoms with Gasteiger partial charge in [-0.15, -0.1) is 0 Å². The van der Waals surface area contributed by atoms with E-state index in [9.17, 15) is 0 Å². The van der Waals surface area contributed by atoms with Crippen LogP contribution in [0.4, 0.5) is 0 Å². The maximum atomic E-state index is 15.4. The topological polar surface area (TPSA) is 34.4 Å². The molecule has 10 rings (SSSR count). The average molecular weight is 567 g/mol. The van der Waals surface area contributed by atoms with Crippen LogP contribution in [0.5, 0.6) is 0 Å². The second-order valence-corrected chi connectivity index (χ2v) is 14.2. The van der Waals surface area contributed by atoms with E-state index >= 15 is 4.57 Å². The molecule has 200 valence electrons. The van der Waals surface area contributed by atoms with Crippen LogP contribution in [-0.2, 0) is 4.57 Å². The summed E-state index contributed by atoms with van der Waals surface area (Å²) in [6.45, 7) is 0. The monoisotopic (exact) mass is 566 g/mol. The van der Waals surface area contributed by atoms with Crippen LogP contribution in [0.3, 0.4) is 0 Å². The van der Waals surface area contributed by atoms with Gasteiger partial charge in [-0.25, -0.2) is 4.98 Å². The van der Waals surface area contributed by atoms with E-state index in [0.717, 1.165) is 54.6 Å². The van der Waals surface area contributed by atoms with Gasteiger partial charge < -0.3 is 4.57 Å². The number of hydrogen-bond acceptors (Lipinski definition) is 2. The molecule has 1 aliphatic heterocycles. The number of hydrogen-bond donors (Lipinski definition) is 0. The van der Waals surface area contributed by atoms with Gasteiger partial charge in [-0.2, -0.15) is 0 Å². The summed E-state index contributed by atoms with van der Waals surface area (Å²) in [6, 6.07) is 48.7. The summed E-state index contributed by atoms with van der Waals surface area (Å²) in [5.41, 5.74) is 6.02. The minimum atomic E-state index is -3.09. The smallest absolute Gasteiger partial charge is 0.172 e. The van der Waals surface area contributed by atoms with Crippen molar-refractivity contribution in [3.05, 3.63) is 140 Å². The zero-order valence-corrected chi connectivity index (χ0v) is 23.9. The second kappa shape index (κ2) is 8.19. The molecule has 3 nitrogen and oxygen atoms in total. The lowest BCUT2D eigenvalue weighted by molar-refractivity contribution is 0.593. The Morgan fingerprint density at radius 3 is 1.93 bits per heavy atom. The molecule has 0 unspecified atom stereocenters. The van der Waals surface area contributed by atoms with Crippen LogP contribution in [0.15, 0.2) is 140 Å². The van der Waals surface area contributed by atoms with Crippen LogP contribution >= 0.6 is 7.14 Å². The van der Waals surface area contributed by atoms with Crippen LogP contribution in [0.2, 0.25) is 0 Å². The molecular formula is C39H23N2OP. The molecule has 7 aromatic carbocycles. The number of imidazole rings is 1. The van der Waals surface area contributed by atoms with Crippen molar-refractivity contribution >= 4 is 83.0 Å². The standard InChI is InChI=1S/C39H23N2OP/c42-43(36-15-7-5-13-29(36)30-14-6-8-16-37(30)43)27-18-20-33-35(23-27)41-34-22-26-11-2-1-10-25(26)21-32(34)31-19-17-24-9-3-4-12-28(24)38(31)39(41)40-33/h1-23H. The van der Waals surface area contributed by atoms with E-state index in [1.807, 2.05) is 42.5 Å². The first-order chi connectivity index (χ1) is 21.2. The molecule has 43 heavy (non-hydrogen) atoms. The van der Waals surface area contributed by atoms with E-state index in [2.05, 4.69) is 101 Å². The normalized spacial score (nSPS) is 13.9. The molecule has 1 aliphatic rings. The van der Waals surface area contributed by atoms with Crippen LogP contribution in [0.25, 0.3) is 71.0 Å². The number of benzene rings is 7. The number of rotatable bonds is 1. The molecule has 4 heteroatoms. The second-order valence-electron chi connectivity index (χ2n) is 11.5. The van der Waals surface area contributed by atoms with Crippen LogP contribution in [-0.4, -0.2) is 9.38 Å². The fourth-order valence-electron chi connectivity index (χ4n) is 7.40. The van der Waals surface area contributed by atoms with E-state index in [-0.39, 0.29) is 0 Å². The van der Waals surface area contributed by atoms with Crippen LogP contribution in [0.1, 0.15) is 0 Å². The molecule has 0 aliphatic carbocycles. The highest BCUT2D eigenvalue weighted by Crippen LogP contribution is 2.52. The molecule has 3 heterocycles. The zero-order valence-electron chi connectivity index (χ0n) is 23.0. The van der Waals surface area contributed by atoms with Gasteiger partial charge in [-0.3, -0.25) is 4.40 Å². The summed E-state index contributed by atoms with van der Waals surface area (Å²) >= 11 is 0. The summed E-state index contributed by atoms with van der Waals surface area (Å²) in [4.78, 5) is 5.28. The van der Waals surface area contributed by atoms with Crippen molar-refractivity contribution < 1.29 is 4.57 Å². The highest BCUT2D eigenvalue weighted by Gasteiger charge is 2.40. The predicted molar refractivity (Wildman–Crippen MR) is 181 cm³/mol. The lowest BCUT2D eigenvalue weighted by Crippen LogP contribution is -2.20. The molecular weight excluding hydrogens is 543 g/mol. The van der Waals surface area contributed by atoms with Crippen molar-refractivity contribution in [1.82, 2.24) is 9.38 Å². The maximum Gasteiger partial charge on any atom is 0.172 e. The van der Waals surface area contributed by atoms with Crippen molar-refractivity contribution in [2.45, 2.75) is 0 Å². The molecule has 0 spiro atoms. The molecule has 0 amide bonds. The molecule has 0 fully saturated rings. The molecule has 0 saturated heterocycles. The van der Waals surface area contributed by atoms with Crippen molar-refractivity contribution in [1.29, 1.82) is 0 Å². The third kappa shape index (κ3) is 2.95. The third-order valence-electron chi connectivity index (χ3n) is 9.33. The van der Waals surface area contributed by atoms with E-state index in [0.29, 0.717) is 0 Å². The largest absolute Gasteiger partial charge is 0.309 e. The first-order valence-electron chi connectivity index (χ1n) is 14.6. The van der Waals surface area contributed by atoms with Gasteiger partial charge in [0.2, 0.25) is 0 Å². The quantitative estimate of drug-likeness (QED) is 0.113. The number of aromatic nitrogens is 2. The van der Waals surface area contributed by atoms with Crippen molar-refractivity contribution in [3.8, 4) is 11.1 Å². The van der Waals surface area contributed by atoms with Gasteiger partial charge in [0, 0.05) is 26.7 Å². The lowest BCUT2D eigenvalue weighted by Gasteiger charge is -2.16. The van der Waals surface area contributed by atoms with Crippen LogP contribution < -0.4 is 15.9 Å². The highest BCUT2D eigenvalue weighted by atomic mass is 31.2. The molecule has 2 aromatic heterocycles. The first-order valence-corrected chi connectivity index (χ1v) is 16.3. The van der Waals surface area contributed by atoms with Gasteiger partial charge >= 0.3 is 0 Å². The highest BCUT2D eigenvalue weighted by molar-refractivity contribution is 7.86. The Kier molecular flexibility index (Phi) is 4.44. The maximum absolute atomic E-state index is 15.4. The number of nitrogens with zero attached hydrogens (tertiary/aromatic N) is 2. The lowest BCUT2D eigenvalue weighted by atomic mass is 9.98. The molecule has 0 saturated carbocycles. The zero-order chi connectivity index (χ0) is 28.3.